The van der Waals surface area contributed by atoms with Gasteiger partial charge in [0.05, 0.1) is 18.8 Å². The van der Waals surface area contributed by atoms with Gasteiger partial charge in [-0.2, -0.15) is 0 Å². The van der Waals surface area contributed by atoms with E-state index in [1.165, 1.54) is 11.1 Å². The van der Waals surface area contributed by atoms with E-state index >= 15 is 0 Å². The van der Waals surface area contributed by atoms with Crippen molar-refractivity contribution in [1.82, 2.24) is 10.6 Å². The SMILES string of the molecule is O=C(NC[C@@H]1CCc2ccccc21)NCC1(OCCO)CCOCC1. The van der Waals surface area contributed by atoms with E-state index in [2.05, 4.69) is 34.9 Å². The first-order chi connectivity index (χ1) is 12.2. The monoisotopic (exact) mass is 348 g/mol. The molecule has 1 saturated heterocycles. The van der Waals surface area contributed by atoms with Gasteiger partial charge in [0.2, 0.25) is 0 Å². The Morgan fingerprint density at radius 3 is 2.88 bits per heavy atom. The Kier molecular flexibility index (Phi) is 6.29. The number of ether oxygens (including phenoxy) is 2. The van der Waals surface area contributed by atoms with Crippen LogP contribution in [0.15, 0.2) is 24.3 Å². The zero-order valence-corrected chi connectivity index (χ0v) is 14.6. The van der Waals surface area contributed by atoms with Crippen molar-refractivity contribution in [3.05, 3.63) is 35.4 Å². The summed E-state index contributed by atoms with van der Waals surface area (Å²) in [5, 5.41) is 14.9. The van der Waals surface area contributed by atoms with Crippen LogP contribution in [0.1, 0.15) is 36.3 Å². The lowest BCUT2D eigenvalue weighted by Gasteiger charge is -2.37. The van der Waals surface area contributed by atoms with Crippen LogP contribution in [0.3, 0.4) is 0 Å². The summed E-state index contributed by atoms with van der Waals surface area (Å²) in [6, 6.07) is 8.30. The van der Waals surface area contributed by atoms with Crippen molar-refractivity contribution in [3.63, 3.8) is 0 Å². The molecule has 0 radical (unpaired) electrons. The summed E-state index contributed by atoms with van der Waals surface area (Å²) >= 11 is 0. The number of urea groups is 1. The molecule has 1 atom stereocenters. The number of aryl methyl sites for hydroxylation is 1. The Bertz CT molecular complexity index is 572. The molecule has 138 valence electrons. The van der Waals surface area contributed by atoms with E-state index in [0.717, 1.165) is 25.7 Å². The molecule has 0 unspecified atom stereocenters. The van der Waals surface area contributed by atoms with Gasteiger partial charge in [-0.05, 0) is 24.0 Å². The second-order valence-electron chi connectivity index (χ2n) is 6.87. The Morgan fingerprint density at radius 2 is 2.08 bits per heavy atom. The third-order valence-electron chi connectivity index (χ3n) is 5.24. The van der Waals surface area contributed by atoms with Gasteiger partial charge in [-0.25, -0.2) is 4.79 Å². The molecule has 6 heteroatoms. The smallest absolute Gasteiger partial charge is 0.314 e. The van der Waals surface area contributed by atoms with Gasteiger partial charge in [0.1, 0.15) is 0 Å². The third-order valence-corrected chi connectivity index (χ3v) is 5.24. The summed E-state index contributed by atoms with van der Waals surface area (Å²) in [6.07, 6.45) is 3.62. The highest BCUT2D eigenvalue weighted by Gasteiger charge is 2.34. The summed E-state index contributed by atoms with van der Waals surface area (Å²) in [5.74, 6) is 0.393. The molecule has 3 rings (SSSR count). The van der Waals surface area contributed by atoms with E-state index in [0.29, 0.717) is 32.2 Å². The van der Waals surface area contributed by atoms with E-state index in [-0.39, 0.29) is 19.2 Å². The average Bonchev–Trinajstić information content (AvgIpc) is 3.07. The zero-order chi connectivity index (χ0) is 17.5. The highest BCUT2D eigenvalue weighted by atomic mass is 16.5. The first-order valence-electron chi connectivity index (χ1n) is 9.14. The number of aliphatic hydroxyl groups excluding tert-OH is 1. The molecule has 1 aliphatic heterocycles. The van der Waals surface area contributed by atoms with E-state index in [9.17, 15) is 4.79 Å². The molecule has 25 heavy (non-hydrogen) atoms. The minimum absolute atomic E-state index is 0.0180. The van der Waals surface area contributed by atoms with Crippen LogP contribution in [0.4, 0.5) is 4.79 Å². The maximum atomic E-state index is 12.2. The molecule has 0 aromatic heterocycles. The van der Waals surface area contributed by atoms with Crippen molar-refractivity contribution in [3.8, 4) is 0 Å². The predicted octanol–water partition coefficient (Wildman–Crippen LogP) is 1.57. The Morgan fingerprint density at radius 1 is 1.28 bits per heavy atom. The molecule has 0 saturated carbocycles. The molecule has 1 aromatic carbocycles. The number of hydrogen-bond acceptors (Lipinski definition) is 4. The molecular weight excluding hydrogens is 320 g/mol. The van der Waals surface area contributed by atoms with Crippen LogP contribution in [0.25, 0.3) is 0 Å². The van der Waals surface area contributed by atoms with Crippen LogP contribution in [0.2, 0.25) is 0 Å². The number of nitrogens with one attached hydrogen (secondary N) is 2. The molecule has 0 bridgehead atoms. The van der Waals surface area contributed by atoms with E-state index in [1.54, 1.807) is 0 Å². The lowest BCUT2D eigenvalue weighted by Crippen LogP contribution is -2.51. The van der Waals surface area contributed by atoms with Crippen LogP contribution < -0.4 is 10.6 Å². The van der Waals surface area contributed by atoms with Crippen LogP contribution in [-0.2, 0) is 15.9 Å². The van der Waals surface area contributed by atoms with Crippen molar-refractivity contribution < 1.29 is 19.4 Å². The number of benzene rings is 1. The molecular formula is C19H28N2O4. The van der Waals surface area contributed by atoms with Gasteiger partial charge in [-0.15, -0.1) is 0 Å². The fraction of sp³-hybridized carbons (Fsp3) is 0.632. The minimum atomic E-state index is -0.432. The summed E-state index contributed by atoms with van der Waals surface area (Å²) in [5.41, 5.74) is 2.32. The van der Waals surface area contributed by atoms with Gasteiger partial charge in [0.25, 0.3) is 0 Å². The van der Waals surface area contributed by atoms with Gasteiger partial charge in [-0.3, -0.25) is 0 Å². The number of amides is 2. The number of carbonyl (C=O) groups excluding carboxylic acids is 1. The maximum Gasteiger partial charge on any atom is 0.314 e. The fourth-order valence-electron chi connectivity index (χ4n) is 3.75. The second-order valence-corrected chi connectivity index (χ2v) is 6.87. The molecule has 2 amide bonds. The van der Waals surface area contributed by atoms with Crippen LogP contribution >= 0.6 is 0 Å². The van der Waals surface area contributed by atoms with E-state index < -0.39 is 5.60 Å². The maximum absolute atomic E-state index is 12.2. The number of aliphatic hydroxyl groups is 1. The van der Waals surface area contributed by atoms with Crippen molar-refractivity contribution in [2.24, 2.45) is 0 Å². The van der Waals surface area contributed by atoms with E-state index in [4.69, 9.17) is 14.6 Å². The number of rotatable bonds is 7. The van der Waals surface area contributed by atoms with Gasteiger partial charge in [0.15, 0.2) is 0 Å². The second kappa shape index (κ2) is 8.65. The average molecular weight is 348 g/mol. The quantitative estimate of drug-likeness (QED) is 0.699. The van der Waals surface area contributed by atoms with Gasteiger partial charge >= 0.3 is 6.03 Å². The fourth-order valence-corrected chi connectivity index (χ4v) is 3.75. The first kappa shape index (κ1) is 18.2. The molecule has 6 nitrogen and oxygen atoms in total. The summed E-state index contributed by atoms with van der Waals surface area (Å²) < 4.78 is 11.2. The van der Waals surface area contributed by atoms with Crippen LogP contribution in [-0.4, -0.2) is 56.3 Å². The molecule has 1 heterocycles. The van der Waals surface area contributed by atoms with Crippen molar-refractivity contribution in [2.75, 3.05) is 39.5 Å². The zero-order valence-electron chi connectivity index (χ0n) is 14.6. The molecule has 1 fully saturated rings. The van der Waals surface area contributed by atoms with Gasteiger partial charge in [-0.1, -0.05) is 24.3 Å². The molecule has 1 aliphatic carbocycles. The topological polar surface area (TPSA) is 79.8 Å². The molecule has 0 spiro atoms. The van der Waals surface area contributed by atoms with Crippen molar-refractivity contribution in [2.45, 2.75) is 37.2 Å². The van der Waals surface area contributed by atoms with Crippen molar-refractivity contribution in [1.29, 1.82) is 0 Å². The lowest BCUT2D eigenvalue weighted by molar-refractivity contribution is -0.114. The number of hydrogen-bond donors (Lipinski definition) is 3. The van der Waals surface area contributed by atoms with E-state index in [1.807, 2.05) is 0 Å². The first-order valence-corrected chi connectivity index (χ1v) is 9.14. The standard InChI is InChI=1S/C19H28N2O4/c22-9-12-25-19(7-10-24-11-8-19)14-21-18(23)20-13-16-6-5-15-3-1-2-4-17(15)16/h1-4,16,22H,5-14H2,(H2,20,21,23)/t16-/m0/s1. The Hall–Kier alpha value is -1.63. The largest absolute Gasteiger partial charge is 0.394 e. The Labute approximate surface area is 148 Å². The highest BCUT2D eigenvalue weighted by Crippen LogP contribution is 2.32. The normalized spacial score (nSPS) is 21.6. The van der Waals surface area contributed by atoms with Crippen molar-refractivity contribution >= 4 is 6.03 Å². The number of carbonyl (C=O) groups is 1. The summed E-state index contributed by atoms with van der Waals surface area (Å²) in [7, 11) is 0. The highest BCUT2D eigenvalue weighted by molar-refractivity contribution is 5.74. The Balaban J connectivity index is 1.46. The van der Waals surface area contributed by atoms with Crippen LogP contribution in [0, 0.1) is 0 Å². The molecule has 1 aromatic rings. The summed E-state index contributed by atoms with van der Waals surface area (Å²) in [4.78, 5) is 12.2. The predicted molar refractivity (Wildman–Crippen MR) is 94.7 cm³/mol. The van der Waals surface area contributed by atoms with Gasteiger partial charge in [0, 0.05) is 45.1 Å². The number of fused-ring (bicyclic) bond motifs is 1. The molecule has 2 aliphatic rings. The minimum Gasteiger partial charge on any atom is -0.394 e. The van der Waals surface area contributed by atoms with Crippen LogP contribution in [0.5, 0.6) is 0 Å². The summed E-state index contributed by atoms with van der Waals surface area (Å²) in [6.45, 7) is 2.58. The molecule has 3 N–H and O–H groups in total. The van der Waals surface area contributed by atoms with Gasteiger partial charge < -0.3 is 25.2 Å². The lowest BCUT2D eigenvalue weighted by atomic mass is 9.94. The third kappa shape index (κ3) is 4.71.